The van der Waals surface area contributed by atoms with Crippen LogP contribution in [0.4, 0.5) is 0 Å². The lowest BCUT2D eigenvalue weighted by atomic mass is 10.1. The van der Waals surface area contributed by atoms with Gasteiger partial charge in [0.2, 0.25) is 5.91 Å². The number of thiophene rings is 1. The van der Waals surface area contributed by atoms with Crippen LogP contribution in [0.25, 0.3) is 10.9 Å². The highest BCUT2D eigenvalue weighted by Gasteiger charge is 2.21. The number of nitrogens with zero attached hydrogens (tertiary/aromatic N) is 2. The predicted octanol–water partition coefficient (Wildman–Crippen LogP) is 3.22. The van der Waals surface area contributed by atoms with Crippen molar-refractivity contribution in [2.75, 3.05) is 26.7 Å². The molecule has 0 bridgehead atoms. The number of aliphatic imine (C=N–C) groups is 1. The molecule has 0 saturated carbocycles. The average Bonchev–Trinajstić information content (AvgIpc) is 3.38. The smallest absolute Gasteiger partial charge is 0.224 e. The molecule has 1 amide bonds. The van der Waals surface area contributed by atoms with Gasteiger partial charge in [-0.25, -0.2) is 0 Å². The van der Waals surface area contributed by atoms with Gasteiger partial charge in [-0.2, -0.15) is 0 Å². The van der Waals surface area contributed by atoms with Crippen LogP contribution in [0.5, 0.6) is 0 Å². The fourth-order valence-corrected chi connectivity index (χ4v) is 4.84. The third-order valence-electron chi connectivity index (χ3n) is 5.63. The van der Waals surface area contributed by atoms with Crippen molar-refractivity contribution >= 4 is 34.1 Å². The number of hydrogen-bond donors (Lipinski definition) is 3. The summed E-state index contributed by atoms with van der Waals surface area (Å²) in [4.78, 5) is 23.6. The number of aromatic amines is 1. The van der Waals surface area contributed by atoms with E-state index in [1.807, 2.05) is 4.90 Å². The molecule has 2 aromatic heterocycles. The number of nitrogens with one attached hydrogen (secondary N) is 3. The third-order valence-corrected chi connectivity index (χ3v) is 6.65. The number of aromatic nitrogens is 1. The summed E-state index contributed by atoms with van der Waals surface area (Å²) in [5.41, 5.74) is 5.03. The van der Waals surface area contributed by atoms with Gasteiger partial charge in [-0.15, -0.1) is 11.3 Å². The highest BCUT2D eigenvalue weighted by Crippen LogP contribution is 2.24. The maximum atomic E-state index is 12.5. The van der Waals surface area contributed by atoms with Crippen LogP contribution in [0.2, 0.25) is 0 Å². The molecule has 3 heterocycles. The van der Waals surface area contributed by atoms with Crippen molar-refractivity contribution in [1.29, 1.82) is 0 Å². The number of carbonyl (C=O) groups is 1. The first-order valence-corrected chi connectivity index (χ1v) is 11.4. The lowest BCUT2D eigenvalue weighted by molar-refractivity contribution is -0.131. The first-order chi connectivity index (χ1) is 14.6. The Balaban J connectivity index is 1.20. The van der Waals surface area contributed by atoms with Crippen molar-refractivity contribution in [3.05, 3.63) is 57.4 Å². The zero-order valence-electron chi connectivity index (χ0n) is 17.6. The molecule has 0 fully saturated rings. The first-order valence-electron chi connectivity index (χ1n) is 10.5. The molecule has 0 spiro atoms. The SMILES string of the molecule is CN=C(NCCC(=O)N1CCc2sccc2C1)NCCc1c[nH]c2cc(C)ccc12. The molecule has 0 atom stereocenters. The Morgan fingerprint density at radius 2 is 2.13 bits per heavy atom. The van der Waals surface area contributed by atoms with E-state index < -0.39 is 0 Å². The molecule has 1 aliphatic heterocycles. The largest absolute Gasteiger partial charge is 0.361 e. The van der Waals surface area contributed by atoms with E-state index >= 15 is 0 Å². The molecule has 1 aromatic carbocycles. The van der Waals surface area contributed by atoms with Crippen LogP contribution in [0.1, 0.15) is 28.0 Å². The molecule has 0 unspecified atom stereocenters. The summed E-state index contributed by atoms with van der Waals surface area (Å²) in [6, 6.07) is 8.63. The third kappa shape index (κ3) is 4.67. The normalized spacial score (nSPS) is 14.1. The lowest BCUT2D eigenvalue weighted by Crippen LogP contribution is -2.41. The fraction of sp³-hybridized carbons (Fsp3) is 0.391. The Morgan fingerprint density at radius 1 is 1.27 bits per heavy atom. The van der Waals surface area contributed by atoms with Crippen LogP contribution in [-0.2, 0) is 24.2 Å². The zero-order chi connectivity index (χ0) is 20.9. The molecule has 6 nitrogen and oxygen atoms in total. The highest BCUT2D eigenvalue weighted by atomic mass is 32.1. The predicted molar refractivity (Wildman–Crippen MR) is 124 cm³/mol. The second kappa shape index (κ2) is 9.34. The van der Waals surface area contributed by atoms with Crippen LogP contribution in [0.15, 0.2) is 40.8 Å². The lowest BCUT2D eigenvalue weighted by Gasteiger charge is -2.27. The van der Waals surface area contributed by atoms with Gasteiger partial charge < -0.3 is 20.5 Å². The van der Waals surface area contributed by atoms with E-state index in [1.54, 1.807) is 18.4 Å². The topological polar surface area (TPSA) is 72.5 Å². The molecular formula is C23H29N5OS. The molecule has 0 saturated heterocycles. The Morgan fingerprint density at radius 3 is 3.00 bits per heavy atom. The van der Waals surface area contributed by atoms with Crippen molar-refractivity contribution in [2.24, 2.45) is 4.99 Å². The fourth-order valence-electron chi connectivity index (χ4n) is 3.95. The summed E-state index contributed by atoms with van der Waals surface area (Å²) < 4.78 is 0. The van der Waals surface area contributed by atoms with E-state index in [9.17, 15) is 4.79 Å². The minimum atomic E-state index is 0.198. The number of H-pyrrole nitrogens is 1. The van der Waals surface area contributed by atoms with E-state index in [4.69, 9.17) is 0 Å². The molecule has 4 rings (SSSR count). The maximum absolute atomic E-state index is 12.5. The van der Waals surface area contributed by atoms with Crippen LogP contribution in [0, 0.1) is 6.92 Å². The Hall–Kier alpha value is -2.80. The summed E-state index contributed by atoms with van der Waals surface area (Å²) >= 11 is 1.80. The van der Waals surface area contributed by atoms with Gasteiger partial charge in [0.1, 0.15) is 0 Å². The molecule has 158 valence electrons. The number of hydrogen-bond acceptors (Lipinski definition) is 3. The standard InChI is InChI=1S/C23H29N5OS/c1-16-3-4-19-17(14-27-20(19)13-16)5-9-25-23(24-2)26-10-6-22(29)28-11-7-21-18(15-28)8-12-30-21/h3-4,8,12-14,27H,5-7,9-11,15H2,1-2H3,(H2,24,25,26). The van der Waals surface area contributed by atoms with Crippen LogP contribution < -0.4 is 10.6 Å². The minimum Gasteiger partial charge on any atom is -0.361 e. The number of amides is 1. The highest BCUT2D eigenvalue weighted by molar-refractivity contribution is 7.10. The van der Waals surface area contributed by atoms with Crippen molar-refractivity contribution < 1.29 is 4.79 Å². The van der Waals surface area contributed by atoms with Crippen molar-refractivity contribution in [1.82, 2.24) is 20.5 Å². The number of guanidine groups is 1. The average molecular weight is 424 g/mol. The second-order valence-corrected chi connectivity index (χ2v) is 8.72. The first kappa shape index (κ1) is 20.5. The number of aryl methyl sites for hydroxylation is 1. The Labute approximate surface area is 181 Å². The molecule has 30 heavy (non-hydrogen) atoms. The molecule has 3 aromatic rings. The minimum absolute atomic E-state index is 0.198. The van der Waals surface area contributed by atoms with Gasteiger partial charge in [0.25, 0.3) is 0 Å². The summed E-state index contributed by atoms with van der Waals surface area (Å²) in [6.07, 6.45) is 4.43. The van der Waals surface area contributed by atoms with Gasteiger partial charge in [0.05, 0.1) is 0 Å². The van der Waals surface area contributed by atoms with Crippen molar-refractivity contribution in [3.63, 3.8) is 0 Å². The summed E-state index contributed by atoms with van der Waals surface area (Å²) in [5.74, 6) is 0.932. The number of fused-ring (bicyclic) bond motifs is 2. The summed E-state index contributed by atoms with van der Waals surface area (Å²) in [5, 5.41) is 10.00. The second-order valence-electron chi connectivity index (χ2n) is 7.72. The van der Waals surface area contributed by atoms with E-state index in [2.05, 4.69) is 63.4 Å². The Bertz CT molecular complexity index is 1050. The number of benzene rings is 1. The van der Waals surface area contributed by atoms with Crippen molar-refractivity contribution in [2.45, 2.75) is 32.7 Å². The van der Waals surface area contributed by atoms with Gasteiger partial charge in [0, 0.05) is 61.6 Å². The van der Waals surface area contributed by atoms with Gasteiger partial charge >= 0.3 is 0 Å². The molecule has 7 heteroatoms. The van der Waals surface area contributed by atoms with Crippen LogP contribution in [0.3, 0.4) is 0 Å². The monoisotopic (exact) mass is 423 g/mol. The van der Waals surface area contributed by atoms with E-state index in [1.165, 1.54) is 32.5 Å². The van der Waals surface area contributed by atoms with Gasteiger partial charge in [-0.1, -0.05) is 12.1 Å². The molecular weight excluding hydrogens is 394 g/mol. The quantitative estimate of drug-likeness (QED) is 0.421. The van der Waals surface area contributed by atoms with E-state index in [0.29, 0.717) is 13.0 Å². The molecule has 0 radical (unpaired) electrons. The number of carbonyl (C=O) groups excluding carboxylic acids is 1. The molecule has 0 aliphatic carbocycles. The van der Waals surface area contributed by atoms with Crippen molar-refractivity contribution in [3.8, 4) is 0 Å². The van der Waals surface area contributed by atoms with E-state index in [-0.39, 0.29) is 5.91 Å². The Kier molecular flexibility index (Phi) is 6.38. The number of rotatable bonds is 6. The summed E-state index contributed by atoms with van der Waals surface area (Å²) in [6.45, 7) is 5.03. The molecule has 3 N–H and O–H groups in total. The zero-order valence-corrected chi connectivity index (χ0v) is 18.4. The van der Waals surface area contributed by atoms with Gasteiger partial charge in [-0.3, -0.25) is 9.79 Å². The van der Waals surface area contributed by atoms with Gasteiger partial charge in [-0.05, 0) is 54.0 Å². The maximum Gasteiger partial charge on any atom is 0.224 e. The summed E-state index contributed by atoms with van der Waals surface area (Å²) in [7, 11) is 1.76. The van der Waals surface area contributed by atoms with E-state index in [0.717, 1.165) is 38.4 Å². The molecule has 1 aliphatic rings. The van der Waals surface area contributed by atoms with Crippen LogP contribution >= 0.6 is 11.3 Å². The van der Waals surface area contributed by atoms with Gasteiger partial charge in [0.15, 0.2) is 5.96 Å². The van der Waals surface area contributed by atoms with Crippen LogP contribution in [-0.4, -0.2) is 48.4 Å².